The van der Waals surface area contributed by atoms with Crippen molar-refractivity contribution in [2.24, 2.45) is 11.8 Å². The van der Waals surface area contributed by atoms with Crippen LogP contribution in [0.2, 0.25) is 0 Å². The lowest BCUT2D eigenvalue weighted by Gasteiger charge is -2.35. The molecule has 0 radical (unpaired) electrons. The van der Waals surface area contributed by atoms with Crippen molar-refractivity contribution in [1.82, 2.24) is 10.2 Å². The lowest BCUT2D eigenvalue weighted by Crippen LogP contribution is -2.47. The molecule has 0 amide bonds. The van der Waals surface area contributed by atoms with Crippen molar-refractivity contribution in [3.05, 3.63) is 0 Å². The fraction of sp³-hybridized carbons (Fsp3) is 0.938. The van der Waals surface area contributed by atoms with Crippen LogP contribution in [0.1, 0.15) is 39.5 Å². The summed E-state index contributed by atoms with van der Waals surface area (Å²) in [7, 11) is 2.18. The molecule has 2 aliphatic heterocycles. The first kappa shape index (κ1) is 15.9. The molecule has 2 rings (SSSR count). The van der Waals surface area contributed by atoms with Crippen molar-refractivity contribution in [1.29, 1.82) is 0 Å². The monoisotopic (exact) mass is 282 g/mol. The van der Waals surface area contributed by atoms with Crippen LogP contribution in [0.5, 0.6) is 0 Å². The van der Waals surface area contributed by atoms with Crippen LogP contribution in [0, 0.1) is 11.8 Å². The van der Waals surface area contributed by atoms with Crippen LogP contribution < -0.4 is 5.32 Å². The van der Waals surface area contributed by atoms with Gasteiger partial charge in [0.15, 0.2) is 5.78 Å². The van der Waals surface area contributed by atoms with Gasteiger partial charge in [0.2, 0.25) is 0 Å². The van der Waals surface area contributed by atoms with Gasteiger partial charge in [-0.3, -0.25) is 4.79 Å². The third-order valence-corrected chi connectivity index (χ3v) is 4.68. The van der Waals surface area contributed by atoms with Gasteiger partial charge < -0.3 is 15.0 Å². The summed E-state index contributed by atoms with van der Waals surface area (Å²) in [6.45, 7) is 7.97. The number of carbonyl (C=O) groups is 1. The lowest BCUT2D eigenvalue weighted by atomic mass is 9.87. The molecule has 2 fully saturated rings. The largest absolute Gasteiger partial charge is 0.370 e. The van der Waals surface area contributed by atoms with E-state index in [9.17, 15) is 4.79 Å². The molecule has 2 heterocycles. The van der Waals surface area contributed by atoms with E-state index in [1.165, 1.54) is 25.9 Å². The molecule has 4 nitrogen and oxygen atoms in total. The number of Topliss-reactive ketones (excluding diaryl/α,β-unsaturated/α-hetero) is 1. The van der Waals surface area contributed by atoms with Crippen molar-refractivity contribution < 1.29 is 9.53 Å². The molecule has 2 aliphatic rings. The lowest BCUT2D eigenvalue weighted by molar-refractivity contribution is -0.141. The maximum absolute atomic E-state index is 12.2. The normalized spacial score (nSPS) is 29.8. The molecule has 0 aromatic heterocycles. The Morgan fingerprint density at radius 2 is 2.00 bits per heavy atom. The fourth-order valence-electron chi connectivity index (χ4n) is 3.23. The molecule has 0 bridgehead atoms. The second kappa shape index (κ2) is 7.53. The Balaban J connectivity index is 1.81. The zero-order chi connectivity index (χ0) is 14.5. The quantitative estimate of drug-likeness (QED) is 0.833. The summed E-state index contributed by atoms with van der Waals surface area (Å²) >= 11 is 0. The average Bonchev–Trinajstić information content (AvgIpc) is 2.46. The highest BCUT2D eigenvalue weighted by atomic mass is 16.5. The Morgan fingerprint density at radius 3 is 2.65 bits per heavy atom. The predicted molar refractivity (Wildman–Crippen MR) is 80.8 cm³/mol. The molecule has 1 N–H and O–H groups in total. The molecule has 2 unspecified atom stereocenters. The van der Waals surface area contributed by atoms with Crippen molar-refractivity contribution in [2.45, 2.75) is 51.7 Å². The van der Waals surface area contributed by atoms with E-state index in [0.717, 1.165) is 26.0 Å². The number of rotatable bonds is 5. The fourth-order valence-corrected chi connectivity index (χ4v) is 3.23. The molecular weight excluding hydrogens is 252 g/mol. The number of likely N-dealkylation sites (tertiary alicyclic amines) is 1. The number of piperidine rings is 1. The first-order valence-electron chi connectivity index (χ1n) is 8.15. The SMILES string of the molecule is CC(C)C(=O)C1OCCCC1CNC1CCN(C)CC1. The molecule has 0 spiro atoms. The van der Waals surface area contributed by atoms with Crippen LogP contribution in [0.4, 0.5) is 0 Å². The highest BCUT2D eigenvalue weighted by Crippen LogP contribution is 2.24. The highest BCUT2D eigenvalue weighted by molar-refractivity contribution is 5.85. The topological polar surface area (TPSA) is 41.6 Å². The van der Waals surface area contributed by atoms with E-state index in [0.29, 0.717) is 12.0 Å². The number of carbonyl (C=O) groups excluding carboxylic acids is 1. The smallest absolute Gasteiger partial charge is 0.164 e. The third-order valence-electron chi connectivity index (χ3n) is 4.68. The van der Waals surface area contributed by atoms with Crippen LogP contribution >= 0.6 is 0 Å². The maximum Gasteiger partial charge on any atom is 0.164 e. The third kappa shape index (κ3) is 4.27. The number of ether oxygens (including phenoxy) is 1. The summed E-state index contributed by atoms with van der Waals surface area (Å²) < 4.78 is 5.77. The van der Waals surface area contributed by atoms with Crippen LogP contribution in [0.3, 0.4) is 0 Å². The molecule has 4 heteroatoms. The summed E-state index contributed by atoms with van der Waals surface area (Å²) in [5.74, 6) is 0.710. The Kier molecular flexibility index (Phi) is 6.00. The summed E-state index contributed by atoms with van der Waals surface area (Å²) in [6.07, 6.45) is 4.45. The summed E-state index contributed by atoms with van der Waals surface area (Å²) in [6, 6.07) is 0.614. The number of hydrogen-bond acceptors (Lipinski definition) is 4. The van der Waals surface area contributed by atoms with Gasteiger partial charge in [0, 0.05) is 31.0 Å². The first-order valence-corrected chi connectivity index (χ1v) is 8.15. The zero-order valence-corrected chi connectivity index (χ0v) is 13.2. The Bertz CT molecular complexity index is 312. The Morgan fingerprint density at radius 1 is 1.30 bits per heavy atom. The van der Waals surface area contributed by atoms with E-state index in [1.54, 1.807) is 0 Å². The molecule has 0 aromatic rings. The van der Waals surface area contributed by atoms with Crippen molar-refractivity contribution in [3.8, 4) is 0 Å². The van der Waals surface area contributed by atoms with Gasteiger partial charge in [-0.15, -0.1) is 0 Å². The van der Waals surface area contributed by atoms with Gasteiger partial charge in [0.05, 0.1) is 0 Å². The minimum absolute atomic E-state index is 0.0731. The molecule has 116 valence electrons. The molecule has 2 saturated heterocycles. The number of hydrogen-bond donors (Lipinski definition) is 1. The first-order chi connectivity index (χ1) is 9.58. The van der Waals surface area contributed by atoms with E-state index in [2.05, 4.69) is 17.3 Å². The van der Waals surface area contributed by atoms with E-state index >= 15 is 0 Å². The number of nitrogens with one attached hydrogen (secondary N) is 1. The molecule has 0 aromatic carbocycles. The van der Waals surface area contributed by atoms with Crippen LogP contribution in [0.25, 0.3) is 0 Å². The molecule has 0 saturated carbocycles. The Hall–Kier alpha value is -0.450. The second-order valence-corrected chi connectivity index (χ2v) is 6.74. The molecule has 2 atom stereocenters. The minimum Gasteiger partial charge on any atom is -0.370 e. The highest BCUT2D eigenvalue weighted by Gasteiger charge is 2.33. The van der Waals surface area contributed by atoms with Gasteiger partial charge in [0.1, 0.15) is 6.10 Å². The molecule has 20 heavy (non-hydrogen) atoms. The van der Waals surface area contributed by atoms with Gasteiger partial charge >= 0.3 is 0 Å². The minimum atomic E-state index is -0.178. The van der Waals surface area contributed by atoms with Gasteiger partial charge in [-0.1, -0.05) is 13.8 Å². The average molecular weight is 282 g/mol. The van der Waals surface area contributed by atoms with Crippen LogP contribution in [-0.4, -0.2) is 56.1 Å². The summed E-state index contributed by atoms with van der Waals surface area (Å²) in [5, 5.41) is 3.68. The molecular formula is C16H30N2O2. The van der Waals surface area contributed by atoms with E-state index in [-0.39, 0.29) is 17.8 Å². The van der Waals surface area contributed by atoms with Crippen LogP contribution in [-0.2, 0) is 9.53 Å². The summed E-state index contributed by atoms with van der Waals surface area (Å²) in [5.41, 5.74) is 0. The summed E-state index contributed by atoms with van der Waals surface area (Å²) in [4.78, 5) is 14.6. The van der Waals surface area contributed by atoms with Crippen molar-refractivity contribution in [2.75, 3.05) is 33.3 Å². The van der Waals surface area contributed by atoms with Crippen molar-refractivity contribution >= 4 is 5.78 Å². The molecule has 0 aliphatic carbocycles. The van der Waals surface area contributed by atoms with Gasteiger partial charge in [-0.25, -0.2) is 0 Å². The van der Waals surface area contributed by atoms with Crippen LogP contribution in [0.15, 0.2) is 0 Å². The van der Waals surface area contributed by atoms with Gasteiger partial charge in [-0.05, 0) is 45.8 Å². The van der Waals surface area contributed by atoms with Gasteiger partial charge in [-0.2, -0.15) is 0 Å². The van der Waals surface area contributed by atoms with E-state index in [4.69, 9.17) is 4.74 Å². The van der Waals surface area contributed by atoms with E-state index < -0.39 is 0 Å². The van der Waals surface area contributed by atoms with Gasteiger partial charge in [0.25, 0.3) is 0 Å². The standard InChI is InChI=1S/C16H30N2O2/c1-12(2)15(19)16-13(5-4-10-20-16)11-17-14-6-8-18(3)9-7-14/h12-14,16-17H,4-11H2,1-3H3. The van der Waals surface area contributed by atoms with Crippen molar-refractivity contribution in [3.63, 3.8) is 0 Å². The number of nitrogens with zero attached hydrogens (tertiary/aromatic N) is 1. The maximum atomic E-state index is 12.2. The number of ketones is 1. The second-order valence-electron chi connectivity index (χ2n) is 6.74. The predicted octanol–water partition coefficient (Wildman–Crippen LogP) is 1.69. The zero-order valence-electron chi connectivity index (χ0n) is 13.2. The Labute approximate surface area is 123 Å². The van der Waals surface area contributed by atoms with E-state index in [1.807, 2.05) is 13.8 Å².